The average molecular weight is 223 g/mol. The Morgan fingerprint density at radius 3 is 3.13 bits per heavy atom. The van der Waals surface area contributed by atoms with Crippen molar-refractivity contribution in [1.29, 1.82) is 0 Å². The molecule has 2 heterocycles. The van der Waals surface area contributed by atoms with Crippen molar-refractivity contribution < 1.29 is 4.52 Å². The Morgan fingerprint density at radius 2 is 2.47 bits per heavy atom. The summed E-state index contributed by atoms with van der Waals surface area (Å²) in [7, 11) is 0. The van der Waals surface area contributed by atoms with Gasteiger partial charge in [-0.1, -0.05) is 12.1 Å². The second-order valence-corrected chi connectivity index (χ2v) is 4.23. The molecule has 2 N–H and O–H groups in total. The maximum Gasteiger partial charge on any atom is 0.229 e. The second-order valence-electron chi connectivity index (χ2n) is 3.45. The summed E-state index contributed by atoms with van der Waals surface area (Å²) in [4.78, 5) is 4.34. The highest BCUT2D eigenvalue weighted by atomic mass is 32.1. The van der Waals surface area contributed by atoms with Gasteiger partial charge < -0.3 is 10.3 Å². The van der Waals surface area contributed by atoms with Gasteiger partial charge in [0.2, 0.25) is 11.7 Å². The van der Waals surface area contributed by atoms with Crippen LogP contribution < -0.4 is 5.73 Å². The Bertz CT molecular complexity index is 410. The highest BCUT2D eigenvalue weighted by Crippen LogP contribution is 2.22. The van der Waals surface area contributed by atoms with E-state index >= 15 is 0 Å². The normalized spacial score (nSPS) is 12.9. The first-order valence-corrected chi connectivity index (χ1v) is 5.81. The molecule has 80 valence electrons. The number of rotatable bonds is 4. The molecule has 0 aliphatic heterocycles. The molecule has 0 amide bonds. The first-order chi connectivity index (χ1) is 7.31. The summed E-state index contributed by atoms with van der Waals surface area (Å²) < 4.78 is 5.19. The molecule has 0 saturated heterocycles. The molecule has 5 heteroatoms. The van der Waals surface area contributed by atoms with Gasteiger partial charge in [0.25, 0.3) is 0 Å². The molecule has 2 rings (SSSR count). The van der Waals surface area contributed by atoms with Crippen LogP contribution in [0.2, 0.25) is 0 Å². The lowest BCUT2D eigenvalue weighted by Gasteiger charge is -2.01. The van der Waals surface area contributed by atoms with Crippen LogP contribution in [0.25, 0.3) is 11.4 Å². The summed E-state index contributed by atoms with van der Waals surface area (Å²) in [6, 6.07) is 1.98. The molecule has 0 aliphatic carbocycles. The molecule has 0 fully saturated rings. The lowest BCUT2D eigenvalue weighted by Crippen LogP contribution is -2.04. The first kappa shape index (κ1) is 10.3. The molecule has 0 aromatic carbocycles. The van der Waals surface area contributed by atoms with Gasteiger partial charge in [0.1, 0.15) is 0 Å². The molecule has 4 nitrogen and oxygen atoms in total. The van der Waals surface area contributed by atoms with E-state index in [9.17, 15) is 0 Å². The van der Waals surface area contributed by atoms with Gasteiger partial charge >= 0.3 is 0 Å². The molecule has 0 bridgehead atoms. The number of thiophene rings is 1. The summed E-state index contributed by atoms with van der Waals surface area (Å²) in [6.07, 6.45) is 0.866. The topological polar surface area (TPSA) is 64.9 Å². The maximum absolute atomic E-state index is 5.48. The van der Waals surface area contributed by atoms with Crippen molar-refractivity contribution in [1.82, 2.24) is 10.1 Å². The van der Waals surface area contributed by atoms with Gasteiger partial charge in [-0.3, -0.25) is 0 Å². The Labute approximate surface area is 92.1 Å². The highest BCUT2D eigenvalue weighted by molar-refractivity contribution is 7.08. The fraction of sp³-hybridized carbons (Fsp3) is 0.400. The minimum absolute atomic E-state index is 0.231. The predicted molar refractivity (Wildman–Crippen MR) is 59.7 cm³/mol. The highest BCUT2D eigenvalue weighted by Gasteiger charge is 2.14. The average Bonchev–Trinajstić information content (AvgIpc) is 2.89. The van der Waals surface area contributed by atoms with E-state index in [1.165, 1.54) is 0 Å². The third kappa shape index (κ3) is 2.24. The molecule has 1 unspecified atom stereocenters. The zero-order valence-corrected chi connectivity index (χ0v) is 9.33. The van der Waals surface area contributed by atoms with Crippen LogP contribution in [0.15, 0.2) is 21.3 Å². The van der Waals surface area contributed by atoms with Crippen molar-refractivity contribution in [2.24, 2.45) is 5.73 Å². The van der Waals surface area contributed by atoms with E-state index in [1.807, 2.05) is 23.8 Å². The Kier molecular flexibility index (Phi) is 3.13. The Balaban J connectivity index is 2.17. The fourth-order valence-corrected chi connectivity index (χ4v) is 1.95. The van der Waals surface area contributed by atoms with Gasteiger partial charge in [-0.05, 0) is 24.4 Å². The molecule has 0 saturated carbocycles. The molecule has 0 spiro atoms. The van der Waals surface area contributed by atoms with E-state index in [0.29, 0.717) is 18.3 Å². The van der Waals surface area contributed by atoms with Crippen LogP contribution in [0, 0.1) is 0 Å². The van der Waals surface area contributed by atoms with Gasteiger partial charge in [0.15, 0.2) is 0 Å². The lowest BCUT2D eigenvalue weighted by atomic mass is 10.1. The van der Waals surface area contributed by atoms with E-state index in [1.54, 1.807) is 11.3 Å². The van der Waals surface area contributed by atoms with Gasteiger partial charge in [-0.2, -0.15) is 16.3 Å². The van der Waals surface area contributed by atoms with Crippen molar-refractivity contribution in [3.63, 3.8) is 0 Å². The van der Waals surface area contributed by atoms with E-state index in [2.05, 4.69) is 10.1 Å². The van der Waals surface area contributed by atoms with Crippen LogP contribution >= 0.6 is 11.3 Å². The van der Waals surface area contributed by atoms with E-state index in [-0.39, 0.29) is 5.92 Å². The largest absolute Gasteiger partial charge is 0.339 e. The van der Waals surface area contributed by atoms with E-state index < -0.39 is 0 Å². The van der Waals surface area contributed by atoms with Gasteiger partial charge in [-0.15, -0.1) is 0 Å². The van der Waals surface area contributed by atoms with Crippen molar-refractivity contribution in [3.05, 3.63) is 22.7 Å². The van der Waals surface area contributed by atoms with Crippen molar-refractivity contribution >= 4 is 11.3 Å². The molecule has 2 aromatic rings. The van der Waals surface area contributed by atoms with Crippen LogP contribution in [0.3, 0.4) is 0 Å². The molecule has 15 heavy (non-hydrogen) atoms. The molecular formula is C10H13N3OS. The number of nitrogens with zero attached hydrogens (tertiary/aromatic N) is 2. The zero-order valence-electron chi connectivity index (χ0n) is 8.51. The molecule has 0 radical (unpaired) electrons. The number of nitrogens with two attached hydrogens (primary N) is 1. The van der Waals surface area contributed by atoms with Crippen molar-refractivity contribution in [2.45, 2.75) is 19.3 Å². The van der Waals surface area contributed by atoms with Crippen molar-refractivity contribution in [3.8, 4) is 11.4 Å². The zero-order chi connectivity index (χ0) is 10.7. The van der Waals surface area contributed by atoms with E-state index in [0.717, 1.165) is 12.0 Å². The number of hydrogen-bond acceptors (Lipinski definition) is 5. The third-order valence-electron chi connectivity index (χ3n) is 2.24. The van der Waals surface area contributed by atoms with Gasteiger partial charge in [-0.25, -0.2) is 0 Å². The molecule has 0 aliphatic rings. The Morgan fingerprint density at radius 1 is 1.60 bits per heavy atom. The second kappa shape index (κ2) is 4.55. The SMILES string of the molecule is CC(CCN)c1nc(-c2ccsc2)no1. The molecular weight excluding hydrogens is 210 g/mol. The van der Waals surface area contributed by atoms with Crippen molar-refractivity contribution in [2.75, 3.05) is 6.54 Å². The maximum atomic E-state index is 5.48. The van der Waals surface area contributed by atoms with Crippen LogP contribution in [0.5, 0.6) is 0 Å². The standard InChI is InChI=1S/C10H13N3OS/c1-7(2-4-11)10-12-9(13-14-10)8-3-5-15-6-8/h3,5-7H,2,4,11H2,1H3. The monoisotopic (exact) mass is 223 g/mol. The first-order valence-electron chi connectivity index (χ1n) is 4.87. The predicted octanol–water partition coefficient (Wildman–Crippen LogP) is 2.25. The quantitative estimate of drug-likeness (QED) is 0.863. The minimum atomic E-state index is 0.231. The smallest absolute Gasteiger partial charge is 0.229 e. The van der Waals surface area contributed by atoms with Crippen LogP contribution in [0.4, 0.5) is 0 Å². The molecule has 2 aromatic heterocycles. The fourth-order valence-electron chi connectivity index (χ4n) is 1.32. The minimum Gasteiger partial charge on any atom is -0.339 e. The van der Waals surface area contributed by atoms with Crippen LogP contribution in [-0.2, 0) is 0 Å². The molecule has 1 atom stereocenters. The summed E-state index contributed by atoms with van der Waals surface area (Å²) in [6.45, 7) is 2.68. The van der Waals surface area contributed by atoms with E-state index in [4.69, 9.17) is 10.3 Å². The summed E-state index contributed by atoms with van der Waals surface area (Å²) in [5, 5.41) is 7.94. The Hall–Kier alpha value is -1.20. The van der Waals surface area contributed by atoms with Gasteiger partial charge in [0, 0.05) is 16.9 Å². The number of aromatic nitrogens is 2. The third-order valence-corrected chi connectivity index (χ3v) is 2.93. The number of hydrogen-bond donors (Lipinski definition) is 1. The van der Waals surface area contributed by atoms with Crippen LogP contribution in [-0.4, -0.2) is 16.7 Å². The summed E-state index contributed by atoms with van der Waals surface area (Å²) in [5.74, 6) is 1.56. The van der Waals surface area contributed by atoms with Crippen LogP contribution in [0.1, 0.15) is 25.2 Å². The lowest BCUT2D eigenvalue weighted by molar-refractivity contribution is 0.355. The van der Waals surface area contributed by atoms with Gasteiger partial charge in [0.05, 0.1) is 0 Å². The summed E-state index contributed by atoms with van der Waals surface area (Å²) >= 11 is 1.62. The summed E-state index contributed by atoms with van der Waals surface area (Å²) in [5.41, 5.74) is 6.49.